The van der Waals surface area contributed by atoms with Crippen molar-refractivity contribution in [3.8, 4) is 0 Å². The lowest BCUT2D eigenvalue weighted by Gasteiger charge is -2.25. The van der Waals surface area contributed by atoms with Gasteiger partial charge in [0.1, 0.15) is 0 Å². The molecule has 0 unspecified atom stereocenters. The molecule has 1 heterocycles. The van der Waals surface area contributed by atoms with Crippen molar-refractivity contribution >= 4 is 30.1 Å². The van der Waals surface area contributed by atoms with E-state index in [1.54, 1.807) is 0 Å². The van der Waals surface area contributed by atoms with E-state index in [0.29, 0.717) is 6.42 Å². The minimum absolute atomic E-state index is 0. The highest BCUT2D eigenvalue weighted by Gasteiger charge is 2.09. The quantitative estimate of drug-likeness (QED) is 0.784. The van der Waals surface area contributed by atoms with Crippen LogP contribution in [0.2, 0.25) is 0 Å². The van der Waals surface area contributed by atoms with Crippen molar-refractivity contribution in [2.45, 2.75) is 12.8 Å². The fraction of sp³-hybridized carbons (Fsp3) is 0.875. The molecule has 1 N–H and O–H groups in total. The first-order chi connectivity index (χ1) is 5.79. The van der Waals surface area contributed by atoms with Crippen LogP contribution >= 0.6 is 24.2 Å². The summed E-state index contributed by atoms with van der Waals surface area (Å²) in [6.45, 7) is 3.21. The summed E-state index contributed by atoms with van der Waals surface area (Å²) < 4.78 is 0. The predicted molar refractivity (Wildman–Crippen MR) is 57.9 cm³/mol. The van der Waals surface area contributed by atoms with Crippen molar-refractivity contribution in [3.63, 3.8) is 0 Å². The van der Waals surface area contributed by atoms with Gasteiger partial charge in [-0.2, -0.15) is 11.8 Å². The van der Waals surface area contributed by atoms with E-state index < -0.39 is 5.97 Å². The zero-order chi connectivity index (χ0) is 8.81. The van der Waals surface area contributed by atoms with Crippen molar-refractivity contribution in [2.24, 2.45) is 0 Å². The van der Waals surface area contributed by atoms with Crippen LogP contribution in [0.5, 0.6) is 0 Å². The Labute approximate surface area is 89.3 Å². The average Bonchev–Trinajstić information content (AvgIpc) is 2.05. The molecular formula is C8H16ClNO2S. The van der Waals surface area contributed by atoms with Crippen molar-refractivity contribution < 1.29 is 9.90 Å². The van der Waals surface area contributed by atoms with Crippen molar-refractivity contribution in [2.75, 3.05) is 31.1 Å². The lowest BCUT2D eigenvalue weighted by Crippen LogP contribution is -2.33. The van der Waals surface area contributed by atoms with Gasteiger partial charge in [-0.25, -0.2) is 0 Å². The van der Waals surface area contributed by atoms with Gasteiger partial charge in [-0.05, 0) is 13.0 Å². The Morgan fingerprint density at radius 2 is 2.00 bits per heavy atom. The van der Waals surface area contributed by atoms with Crippen molar-refractivity contribution in [3.05, 3.63) is 0 Å². The Morgan fingerprint density at radius 1 is 1.38 bits per heavy atom. The number of carbonyl (C=O) groups is 1. The fourth-order valence-electron chi connectivity index (χ4n) is 1.28. The lowest BCUT2D eigenvalue weighted by atomic mass is 10.3. The summed E-state index contributed by atoms with van der Waals surface area (Å²) in [7, 11) is 0. The fourth-order valence-corrected chi connectivity index (χ4v) is 2.26. The van der Waals surface area contributed by atoms with E-state index in [2.05, 4.69) is 4.90 Å². The molecular weight excluding hydrogens is 210 g/mol. The molecule has 5 heteroatoms. The number of halogens is 1. The van der Waals surface area contributed by atoms with Crippen LogP contribution in [0, 0.1) is 0 Å². The van der Waals surface area contributed by atoms with Gasteiger partial charge in [-0.1, -0.05) is 0 Å². The van der Waals surface area contributed by atoms with Gasteiger partial charge in [0.15, 0.2) is 0 Å². The number of aliphatic carboxylic acids is 1. The summed E-state index contributed by atoms with van der Waals surface area (Å²) in [5.41, 5.74) is 0. The number of carboxylic acid groups (broad SMARTS) is 1. The summed E-state index contributed by atoms with van der Waals surface area (Å²) in [4.78, 5) is 12.6. The zero-order valence-electron chi connectivity index (χ0n) is 7.57. The number of carboxylic acids is 1. The minimum atomic E-state index is -0.679. The largest absolute Gasteiger partial charge is 0.481 e. The summed E-state index contributed by atoms with van der Waals surface area (Å²) in [5, 5.41) is 8.42. The molecule has 0 aromatic heterocycles. The molecule has 0 aromatic carbocycles. The molecule has 78 valence electrons. The van der Waals surface area contributed by atoms with Crippen LogP contribution in [0.15, 0.2) is 0 Å². The first-order valence-electron chi connectivity index (χ1n) is 4.31. The molecule has 13 heavy (non-hydrogen) atoms. The SMILES string of the molecule is Cl.O=C(O)CCCN1CCSCC1. The maximum atomic E-state index is 10.2. The maximum Gasteiger partial charge on any atom is 0.303 e. The first kappa shape index (κ1) is 13.1. The van der Waals surface area contributed by atoms with Gasteiger partial charge in [-0.3, -0.25) is 4.79 Å². The minimum Gasteiger partial charge on any atom is -0.481 e. The summed E-state index contributed by atoms with van der Waals surface area (Å²) >= 11 is 1.98. The molecule has 0 saturated carbocycles. The second kappa shape index (κ2) is 7.47. The highest BCUT2D eigenvalue weighted by Crippen LogP contribution is 2.09. The summed E-state index contributed by atoms with van der Waals surface area (Å²) in [6.07, 6.45) is 1.10. The van der Waals surface area contributed by atoms with Crippen LogP contribution in [-0.4, -0.2) is 47.1 Å². The molecule has 1 rings (SSSR count). The van der Waals surface area contributed by atoms with Gasteiger partial charge >= 0.3 is 5.97 Å². The number of rotatable bonds is 4. The zero-order valence-corrected chi connectivity index (χ0v) is 9.20. The highest BCUT2D eigenvalue weighted by molar-refractivity contribution is 7.99. The third kappa shape index (κ3) is 6.18. The van der Waals surface area contributed by atoms with Crippen LogP contribution in [-0.2, 0) is 4.79 Å². The van der Waals surface area contributed by atoms with Gasteiger partial charge in [0.25, 0.3) is 0 Å². The number of nitrogens with zero attached hydrogens (tertiary/aromatic N) is 1. The first-order valence-corrected chi connectivity index (χ1v) is 5.46. The molecule has 1 saturated heterocycles. The number of hydrogen-bond donors (Lipinski definition) is 1. The Bertz CT molecular complexity index is 151. The summed E-state index contributed by atoms with van der Waals surface area (Å²) in [5.74, 6) is 1.72. The highest BCUT2D eigenvalue weighted by atomic mass is 35.5. The van der Waals surface area contributed by atoms with E-state index in [0.717, 1.165) is 26.1 Å². The molecule has 0 bridgehead atoms. The lowest BCUT2D eigenvalue weighted by molar-refractivity contribution is -0.137. The maximum absolute atomic E-state index is 10.2. The second-order valence-electron chi connectivity index (χ2n) is 2.95. The number of thioether (sulfide) groups is 1. The van der Waals surface area contributed by atoms with E-state index in [1.807, 2.05) is 11.8 Å². The smallest absolute Gasteiger partial charge is 0.303 e. The number of hydrogen-bond acceptors (Lipinski definition) is 3. The van der Waals surface area contributed by atoms with Crippen LogP contribution < -0.4 is 0 Å². The predicted octanol–water partition coefficient (Wildman–Crippen LogP) is 1.32. The van der Waals surface area contributed by atoms with Gasteiger partial charge in [0, 0.05) is 31.0 Å². The van der Waals surface area contributed by atoms with Gasteiger partial charge in [-0.15, -0.1) is 12.4 Å². The molecule has 0 aliphatic carbocycles. The normalized spacial score (nSPS) is 17.8. The molecule has 1 fully saturated rings. The molecule has 1 aliphatic rings. The molecule has 1 aliphatic heterocycles. The van der Waals surface area contributed by atoms with E-state index in [-0.39, 0.29) is 12.4 Å². The van der Waals surface area contributed by atoms with Gasteiger partial charge in [0.05, 0.1) is 0 Å². The van der Waals surface area contributed by atoms with E-state index >= 15 is 0 Å². The van der Waals surface area contributed by atoms with Crippen LogP contribution in [0.4, 0.5) is 0 Å². The van der Waals surface area contributed by atoms with E-state index in [4.69, 9.17) is 5.11 Å². The van der Waals surface area contributed by atoms with Gasteiger partial charge < -0.3 is 10.0 Å². The Hall–Kier alpha value is 0.0700. The van der Waals surface area contributed by atoms with Gasteiger partial charge in [0.2, 0.25) is 0 Å². The van der Waals surface area contributed by atoms with Crippen molar-refractivity contribution in [1.29, 1.82) is 0 Å². The molecule has 3 nitrogen and oxygen atoms in total. The Morgan fingerprint density at radius 3 is 2.54 bits per heavy atom. The van der Waals surface area contributed by atoms with Crippen LogP contribution in [0.1, 0.15) is 12.8 Å². The van der Waals surface area contributed by atoms with Crippen LogP contribution in [0.3, 0.4) is 0 Å². The standard InChI is InChI=1S/C8H15NO2S.ClH/c10-8(11)2-1-3-9-4-6-12-7-5-9;/h1-7H2,(H,10,11);1H. The van der Waals surface area contributed by atoms with Crippen molar-refractivity contribution in [1.82, 2.24) is 4.90 Å². The van der Waals surface area contributed by atoms with E-state index in [1.165, 1.54) is 11.5 Å². The molecule has 0 atom stereocenters. The molecule has 0 radical (unpaired) electrons. The van der Waals surface area contributed by atoms with Crippen LogP contribution in [0.25, 0.3) is 0 Å². The molecule has 0 amide bonds. The Kier molecular flexibility index (Phi) is 7.51. The molecule has 0 spiro atoms. The average molecular weight is 226 g/mol. The second-order valence-corrected chi connectivity index (χ2v) is 4.18. The summed E-state index contributed by atoms with van der Waals surface area (Å²) in [6, 6.07) is 0. The Balaban J connectivity index is 0.00000144. The third-order valence-electron chi connectivity index (χ3n) is 1.97. The monoisotopic (exact) mass is 225 g/mol. The topological polar surface area (TPSA) is 40.5 Å². The third-order valence-corrected chi connectivity index (χ3v) is 2.91. The molecule has 0 aromatic rings. The van der Waals surface area contributed by atoms with E-state index in [9.17, 15) is 4.79 Å².